The molecule has 0 saturated heterocycles. The Kier molecular flexibility index (Phi) is 8.57. The van der Waals surface area contributed by atoms with Crippen molar-refractivity contribution in [2.75, 3.05) is 0 Å². The topological polar surface area (TPSA) is 0 Å². The van der Waals surface area contributed by atoms with Crippen molar-refractivity contribution in [3.63, 3.8) is 0 Å². The fraction of sp³-hybridized carbons (Fsp3) is 1.00. The average Bonchev–Trinajstić information content (AvgIpc) is 3.71. The second kappa shape index (κ2) is 12.3. The summed E-state index contributed by atoms with van der Waals surface area (Å²) in [6, 6.07) is 0. The summed E-state index contributed by atoms with van der Waals surface area (Å²) in [5.41, 5.74) is 2.56. The Bertz CT molecular complexity index is 1530. The number of hydrogen-bond donors (Lipinski definition) is 0. The molecule has 56 heavy (non-hydrogen) atoms. The molecule has 11 fully saturated rings. The van der Waals surface area contributed by atoms with Gasteiger partial charge in [0.05, 0.1) is 0 Å². The predicted octanol–water partition coefficient (Wildman–Crippen LogP) is 15.4. The van der Waals surface area contributed by atoms with Gasteiger partial charge >= 0.3 is 0 Å². The Hall–Kier alpha value is 0. The van der Waals surface area contributed by atoms with Crippen LogP contribution < -0.4 is 0 Å². The molecule has 0 aromatic carbocycles. The Morgan fingerprint density at radius 1 is 0.393 bits per heavy atom. The zero-order valence-electron chi connectivity index (χ0n) is 39.4. The van der Waals surface area contributed by atoms with Crippen LogP contribution in [0.15, 0.2) is 0 Å². The molecular formula is C56H92. The molecule has 0 heteroatoms. The molecule has 316 valence electrons. The summed E-state index contributed by atoms with van der Waals surface area (Å²) < 4.78 is 0. The van der Waals surface area contributed by atoms with E-state index in [4.69, 9.17) is 0 Å². The van der Waals surface area contributed by atoms with E-state index in [2.05, 4.69) is 90.0 Å². The third kappa shape index (κ3) is 4.95. The lowest BCUT2D eigenvalue weighted by Gasteiger charge is -2.76. The summed E-state index contributed by atoms with van der Waals surface area (Å²) in [6.45, 7) is 35.3. The minimum absolute atomic E-state index is 0.420. The Balaban J connectivity index is 1.15. The predicted molar refractivity (Wildman–Crippen MR) is 235 cm³/mol. The zero-order valence-corrected chi connectivity index (χ0v) is 39.4. The molecule has 0 N–H and O–H groups in total. The highest BCUT2D eigenvalue weighted by molar-refractivity contribution is 5.30. The smallest absolute Gasteiger partial charge is 0.0165 e. The summed E-state index contributed by atoms with van der Waals surface area (Å²) >= 11 is 0. The van der Waals surface area contributed by atoms with Gasteiger partial charge in [0, 0.05) is 0 Å². The van der Waals surface area contributed by atoms with E-state index in [9.17, 15) is 0 Å². The molecule has 0 radical (unpaired) electrons. The van der Waals surface area contributed by atoms with Crippen LogP contribution >= 0.6 is 0 Å². The van der Waals surface area contributed by atoms with E-state index in [1.165, 1.54) is 0 Å². The molecule has 0 bridgehead atoms. The van der Waals surface area contributed by atoms with E-state index in [0.29, 0.717) is 27.1 Å². The van der Waals surface area contributed by atoms with Gasteiger partial charge in [0.25, 0.3) is 0 Å². The summed E-state index contributed by atoms with van der Waals surface area (Å²) in [5, 5.41) is 0. The van der Waals surface area contributed by atoms with Gasteiger partial charge in [-0.1, -0.05) is 96.4 Å². The van der Waals surface area contributed by atoms with Crippen LogP contribution in [0.3, 0.4) is 0 Å². The van der Waals surface area contributed by atoms with Crippen molar-refractivity contribution in [2.24, 2.45) is 163 Å². The van der Waals surface area contributed by atoms with E-state index >= 15 is 0 Å². The molecule has 0 aromatic rings. The quantitative estimate of drug-likeness (QED) is 0.230. The molecule has 25 atom stereocenters. The van der Waals surface area contributed by atoms with Crippen LogP contribution in [0.25, 0.3) is 0 Å². The Morgan fingerprint density at radius 2 is 1.09 bits per heavy atom. The lowest BCUT2D eigenvalue weighted by atomic mass is 9.28. The van der Waals surface area contributed by atoms with Crippen molar-refractivity contribution in [1.82, 2.24) is 0 Å². The first kappa shape index (κ1) is 38.9. The van der Waals surface area contributed by atoms with Crippen LogP contribution in [0.4, 0.5) is 0 Å². The van der Waals surface area contributed by atoms with Gasteiger partial charge in [-0.3, -0.25) is 0 Å². The molecule has 25 unspecified atom stereocenters. The molecule has 0 heterocycles. The fourth-order valence-corrected chi connectivity index (χ4v) is 22.9. The minimum atomic E-state index is 0.420. The first-order valence-electron chi connectivity index (χ1n) is 26.3. The molecule has 1 spiro atoms. The van der Waals surface area contributed by atoms with Crippen molar-refractivity contribution in [2.45, 2.75) is 186 Å². The highest BCUT2D eigenvalue weighted by Gasteiger charge is 2.83. The van der Waals surface area contributed by atoms with Gasteiger partial charge in [-0.2, -0.15) is 0 Å². The molecule has 11 saturated carbocycles. The summed E-state index contributed by atoms with van der Waals surface area (Å²) in [6.07, 6.45) is 24.1. The molecule has 0 aromatic heterocycles. The molecular weight excluding hydrogens is 673 g/mol. The highest BCUT2D eigenvalue weighted by Crippen LogP contribution is 2.88. The van der Waals surface area contributed by atoms with Crippen molar-refractivity contribution < 1.29 is 0 Å². The monoisotopic (exact) mass is 765 g/mol. The van der Waals surface area contributed by atoms with Gasteiger partial charge < -0.3 is 0 Å². The normalized spacial score (nSPS) is 60.9. The van der Waals surface area contributed by atoms with Crippen molar-refractivity contribution in [3.8, 4) is 0 Å². The lowest BCUT2D eigenvalue weighted by molar-refractivity contribution is -0.286. The Morgan fingerprint density at radius 3 is 1.80 bits per heavy atom. The van der Waals surface area contributed by atoms with E-state index < -0.39 is 0 Å². The van der Waals surface area contributed by atoms with Gasteiger partial charge in [-0.25, -0.2) is 0 Å². The number of rotatable bonds is 0. The lowest BCUT2D eigenvalue weighted by Crippen LogP contribution is -2.71. The second-order valence-electron chi connectivity index (χ2n) is 29.1. The van der Waals surface area contributed by atoms with Crippen LogP contribution in [0, 0.1) is 163 Å². The van der Waals surface area contributed by atoms with Crippen LogP contribution in [0.2, 0.25) is 0 Å². The summed E-state index contributed by atoms with van der Waals surface area (Å²) in [5.74, 6) is 23.5. The van der Waals surface area contributed by atoms with Crippen LogP contribution in [-0.2, 0) is 0 Å². The maximum atomic E-state index is 2.87. The zero-order chi connectivity index (χ0) is 39.4. The van der Waals surface area contributed by atoms with Gasteiger partial charge in [0.1, 0.15) is 0 Å². The van der Waals surface area contributed by atoms with E-state index in [1.807, 2.05) is 0 Å². The first-order valence-corrected chi connectivity index (χ1v) is 26.3. The standard InChI is InChI=1S/C56H92/c1-29-14-16-39-33(18-29)22-34-20-32(4)40-24-35-23-38(53(8,9)10)26-42-44-28-55(54(11,12)13)27-36-19-30(2)31(3)21-41(36)50(55)51(44)56(48(35)42)45-17-15-37(52(5,6)7)25-43(45)47(39)46(34)49(40)56/h29-51H,14-28H2,1-13H3. The van der Waals surface area contributed by atoms with Gasteiger partial charge in [0.2, 0.25) is 0 Å². The molecule has 11 aliphatic carbocycles. The van der Waals surface area contributed by atoms with E-state index in [-0.39, 0.29) is 0 Å². The molecule has 0 nitrogen and oxygen atoms in total. The fourth-order valence-electron chi connectivity index (χ4n) is 22.9. The van der Waals surface area contributed by atoms with Crippen molar-refractivity contribution in [3.05, 3.63) is 0 Å². The maximum Gasteiger partial charge on any atom is -0.0165 e. The number of fused-ring (bicyclic) bond motifs is 10. The summed E-state index contributed by atoms with van der Waals surface area (Å²) in [4.78, 5) is 0. The number of hydrogen-bond acceptors (Lipinski definition) is 0. The third-order valence-electron chi connectivity index (χ3n) is 24.7. The van der Waals surface area contributed by atoms with Crippen LogP contribution in [0.1, 0.15) is 186 Å². The van der Waals surface area contributed by atoms with Gasteiger partial charge in [-0.15, -0.1) is 0 Å². The third-order valence-corrected chi connectivity index (χ3v) is 24.7. The van der Waals surface area contributed by atoms with Gasteiger partial charge in [-0.05, 0) is 253 Å². The molecule has 11 aliphatic rings. The minimum Gasteiger partial charge on any atom is -0.0625 e. The second-order valence-corrected chi connectivity index (χ2v) is 29.1. The molecule has 0 amide bonds. The van der Waals surface area contributed by atoms with E-state index in [1.54, 1.807) is 96.3 Å². The van der Waals surface area contributed by atoms with Crippen molar-refractivity contribution in [1.29, 1.82) is 0 Å². The van der Waals surface area contributed by atoms with Crippen LogP contribution in [-0.4, -0.2) is 0 Å². The summed E-state index contributed by atoms with van der Waals surface area (Å²) in [7, 11) is 0. The SMILES string of the molecule is CC1CCC2C(C1)CC1CC(C)C3CC4CC(C(C)(C)C)CC5C6CC7(C(C)(C)C)CC8CC(C)C(C)CC8C7C6C6(C7CCC(C(C)(C)C)CC7C2C1C36)C45. The van der Waals surface area contributed by atoms with E-state index in [0.717, 1.165) is 136 Å². The molecule has 0 aliphatic heterocycles. The van der Waals surface area contributed by atoms with Crippen molar-refractivity contribution >= 4 is 0 Å². The average molecular weight is 765 g/mol. The Labute approximate surface area is 348 Å². The largest absolute Gasteiger partial charge is 0.0625 e. The van der Waals surface area contributed by atoms with Crippen LogP contribution in [0.5, 0.6) is 0 Å². The van der Waals surface area contributed by atoms with Gasteiger partial charge in [0.15, 0.2) is 0 Å². The molecule has 11 rings (SSSR count). The first-order chi connectivity index (χ1) is 26.3. The maximum absolute atomic E-state index is 2.87. The highest BCUT2D eigenvalue weighted by atomic mass is 14.9.